The van der Waals surface area contributed by atoms with Crippen LogP contribution in [0.2, 0.25) is 0 Å². The van der Waals surface area contributed by atoms with Crippen LogP contribution in [0.15, 0.2) is 22.7 Å². The van der Waals surface area contributed by atoms with E-state index in [1.54, 1.807) is 0 Å². The fourth-order valence-corrected chi connectivity index (χ4v) is 2.01. The minimum atomic E-state index is 0.652. The van der Waals surface area contributed by atoms with Gasteiger partial charge in [-0.15, -0.1) is 0 Å². The van der Waals surface area contributed by atoms with Gasteiger partial charge in [0.25, 0.3) is 0 Å². The molecule has 0 saturated heterocycles. The van der Waals surface area contributed by atoms with Crippen molar-refractivity contribution < 1.29 is 0 Å². The number of aryl methyl sites for hydroxylation is 1. The zero-order valence-corrected chi connectivity index (χ0v) is 10.5. The third-order valence-electron chi connectivity index (χ3n) is 2.09. The Hall–Kier alpha value is -1.01. The molecule has 1 aromatic carbocycles. The Morgan fingerprint density at radius 2 is 2.13 bits per heavy atom. The molecule has 0 spiro atoms. The standard InChI is InChI=1S/C12H15BrN2/c1-10-7-11(13)9-12(8-10)15-6-4-2-3-5-14/h7-9,15H,2-4,6H2,1H3. The van der Waals surface area contributed by atoms with Crippen molar-refractivity contribution in [2.75, 3.05) is 11.9 Å². The summed E-state index contributed by atoms with van der Waals surface area (Å²) in [5.41, 5.74) is 2.38. The van der Waals surface area contributed by atoms with Crippen molar-refractivity contribution in [1.29, 1.82) is 5.26 Å². The van der Waals surface area contributed by atoms with Crippen LogP contribution in [-0.2, 0) is 0 Å². The van der Waals surface area contributed by atoms with Crippen LogP contribution in [0.1, 0.15) is 24.8 Å². The molecule has 0 atom stereocenters. The fraction of sp³-hybridized carbons (Fsp3) is 0.417. The maximum atomic E-state index is 8.38. The number of hydrogen-bond donors (Lipinski definition) is 1. The number of halogens is 1. The second kappa shape index (κ2) is 6.47. The normalized spacial score (nSPS) is 9.67. The summed E-state index contributed by atoms with van der Waals surface area (Å²) in [6.07, 6.45) is 2.66. The number of hydrogen-bond acceptors (Lipinski definition) is 2. The van der Waals surface area contributed by atoms with Gasteiger partial charge in [-0.1, -0.05) is 15.9 Å². The van der Waals surface area contributed by atoms with Gasteiger partial charge in [-0.2, -0.15) is 5.26 Å². The van der Waals surface area contributed by atoms with Crippen molar-refractivity contribution in [3.8, 4) is 6.07 Å². The van der Waals surface area contributed by atoms with E-state index in [1.165, 1.54) is 5.56 Å². The Morgan fingerprint density at radius 1 is 1.33 bits per heavy atom. The van der Waals surface area contributed by atoms with Crippen molar-refractivity contribution >= 4 is 21.6 Å². The summed E-state index contributed by atoms with van der Waals surface area (Å²) in [6.45, 7) is 3.00. The molecule has 0 bridgehead atoms. The van der Waals surface area contributed by atoms with Crippen molar-refractivity contribution in [2.24, 2.45) is 0 Å². The Bertz CT molecular complexity index is 335. The van der Waals surface area contributed by atoms with E-state index in [4.69, 9.17) is 5.26 Å². The molecule has 1 rings (SSSR count). The van der Waals surface area contributed by atoms with Gasteiger partial charge in [-0.3, -0.25) is 0 Å². The summed E-state index contributed by atoms with van der Waals surface area (Å²) in [7, 11) is 0. The number of rotatable bonds is 5. The highest BCUT2D eigenvalue weighted by molar-refractivity contribution is 9.10. The summed E-state index contributed by atoms with van der Waals surface area (Å²) in [5.74, 6) is 0. The first-order valence-corrected chi connectivity index (χ1v) is 5.89. The van der Waals surface area contributed by atoms with Crippen LogP contribution in [0.5, 0.6) is 0 Å². The molecule has 0 aliphatic rings. The SMILES string of the molecule is Cc1cc(Br)cc(NCCCCC#N)c1. The molecule has 1 N–H and O–H groups in total. The van der Waals surface area contributed by atoms with Crippen molar-refractivity contribution in [2.45, 2.75) is 26.2 Å². The van der Waals surface area contributed by atoms with Crippen molar-refractivity contribution in [3.63, 3.8) is 0 Å². The van der Waals surface area contributed by atoms with E-state index < -0.39 is 0 Å². The summed E-state index contributed by atoms with van der Waals surface area (Å²) in [6, 6.07) is 8.42. The Labute approximate surface area is 99.4 Å². The number of nitriles is 1. The first-order chi connectivity index (χ1) is 7.22. The topological polar surface area (TPSA) is 35.8 Å². The second-order valence-corrected chi connectivity index (χ2v) is 4.47. The molecule has 15 heavy (non-hydrogen) atoms. The minimum Gasteiger partial charge on any atom is -0.385 e. The molecule has 3 heteroatoms. The van der Waals surface area contributed by atoms with Crippen LogP contribution in [0.4, 0.5) is 5.69 Å². The molecule has 1 aromatic rings. The molecule has 0 radical (unpaired) electrons. The summed E-state index contributed by atoms with van der Waals surface area (Å²) in [4.78, 5) is 0. The van der Waals surface area contributed by atoms with Crippen molar-refractivity contribution in [3.05, 3.63) is 28.2 Å². The van der Waals surface area contributed by atoms with Crippen LogP contribution in [0, 0.1) is 18.3 Å². The maximum Gasteiger partial charge on any atom is 0.0621 e. The van der Waals surface area contributed by atoms with E-state index in [9.17, 15) is 0 Å². The molecule has 0 saturated carbocycles. The van der Waals surface area contributed by atoms with Gasteiger partial charge in [0.15, 0.2) is 0 Å². The van der Waals surface area contributed by atoms with Crippen LogP contribution in [0.25, 0.3) is 0 Å². The third-order valence-corrected chi connectivity index (χ3v) is 2.54. The lowest BCUT2D eigenvalue weighted by molar-refractivity contribution is 0.784. The van der Waals surface area contributed by atoms with Gasteiger partial charge >= 0.3 is 0 Å². The largest absolute Gasteiger partial charge is 0.385 e. The highest BCUT2D eigenvalue weighted by Crippen LogP contribution is 2.18. The highest BCUT2D eigenvalue weighted by atomic mass is 79.9. The van der Waals surface area contributed by atoms with E-state index in [-0.39, 0.29) is 0 Å². The number of nitrogens with one attached hydrogen (secondary N) is 1. The summed E-state index contributed by atoms with van der Waals surface area (Å²) in [5, 5.41) is 11.7. The Morgan fingerprint density at radius 3 is 2.80 bits per heavy atom. The third kappa shape index (κ3) is 4.85. The van der Waals surface area contributed by atoms with E-state index in [0.29, 0.717) is 6.42 Å². The van der Waals surface area contributed by atoms with Gasteiger partial charge in [0.05, 0.1) is 6.07 Å². The predicted molar refractivity (Wildman–Crippen MR) is 66.8 cm³/mol. The van der Waals surface area contributed by atoms with E-state index in [2.05, 4.69) is 52.4 Å². The Balaban J connectivity index is 2.34. The zero-order valence-electron chi connectivity index (χ0n) is 8.89. The molecule has 0 fully saturated rings. The average molecular weight is 267 g/mol. The molecule has 2 nitrogen and oxygen atoms in total. The molecular weight excluding hydrogens is 252 g/mol. The lowest BCUT2D eigenvalue weighted by atomic mass is 10.2. The van der Waals surface area contributed by atoms with Gasteiger partial charge in [0.2, 0.25) is 0 Å². The highest BCUT2D eigenvalue weighted by Gasteiger charge is 1.95. The van der Waals surface area contributed by atoms with Gasteiger partial charge in [0, 0.05) is 23.1 Å². The molecule has 0 aliphatic carbocycles. The van der Waals surface area contributed by atoms with Gasteiger partial charge in [0.1, 0.15) is 0 Å². The van der Waals surface area contributed by atoms with Crippen LogP contribution >= 0.6 is 15.9 Å². The lowest BCUT2D eigenvalue weighted by Crippen LogP contribution is -2.01. The molecule has 0 amide bonds. The molecular formula is C12H15BrN2. The fourth-order valence-electron chi connectivity index (χ4n) is 1.40. The number of anilines is 1. The molecule has 0 aliphatic heterocycles. The molecule has 0 unspecified atom stereocenters. The van der Waals surface area contributed by atoms with Gasteiger partial charge in [-0.25, -0.2) is 0 Å². The van der Waals surface area contributed by atoms with Crippen LogP contribution < -0.4 is 5.32 Å². The van der Waals surface area contributed by atoms with E-state index in [1.807, 2.05) is 0 Å². The number of nitrogens with zero attached hydrogens (tertiary/aromatic N) is 1. The number of unbranched alkanes of at least 4 members (excludes halogenated alkanes) is 2. The number of benzene rings is 1. The van der Waals surface area contributed by atoms with Gasteiger partial charge in [-0.05, 0) is 43.5 Å². The smallest absolute Gasteiger partial charge is 0.0621 e. The quantitative estimate of drug-likeness (QED) is 0.822. The minimum absolute atomic E-state index is 0.652. The average Bonchev–Trinajstić information content (AvgIpc) is 2.16. The van der Waals surface area contributed by atoms with E-state index in [0.717, 1.165) is 29.5 Å². The van der Waals surface area contributed by atoms with E-state index >= 15 is 0 Å². The molecule has 0 aromatic heterocycles. The monoisotopic (exact) mass is 266 g/mol. The summed E-state index contributed by atoms with van der Waals surface area (Å²) >= 11 is 3.46. The van der Waals surface area contributed by atoms with Gasteiger partial charge < -0.3 is 5.32 Å². The van der Waals surface area contributed by atoms with Crippen molar-refractivity contribution in [1.82, 2.24) is 0 Å². The molecule has 0 heterocycles. The van der Waals surface area contributed by atoms with Crippen LogP contribution in [-0.4, -0.2) is 6.54 Å². The Kier molecular flexibility index (Phi) is 5.20. The maximum absolute atomic E-state index is 8.38. The first kappa shape index (κ1) is 12.1. The second-order valence-electron chi connectivity index (χ2n) is 3.56. The zero-order chi connectivity index (χ0) is 11.1. The lowest BCUT2D eigenvalue weighted by Gasteiger charge is -2.07. The first-order valence-electron chi connectivity index (χ1n) is 5.10. The molecule has 80 valence electrons. The van der Waals surface area contributed by atoms with Crippen LogP contribution in [0.3, 0.4) is 0 Å². The summed E-state index contributed by atoms with van der Waals surface area (Å²) < 4.78 is 1.10. The predicted octanol–water partition coefficient (Wildman–Crippen LogP) is 3.86.